The minimum Gasteiger partial charge on any atom is -0.457 e. The van der Waals surface area contributed by atoms with E-state index < -0.39 is 0 Å². The Hall–Kier alpha value is -1.67. The predicted molar refractivity (Wildman–Crippen MR) is 76.6 cm³/mol. The predicted octanol–water partition coefficient (Wildman–Crippen LogP) is 4.64. The van der Waals surface area contributed by atoms with Crippen LogP contribution in [-0.4, -0.2) is 0 Å². The molecule has 0 aliphatic carbocycles. The highest BCUT2D eigenvalue weighted by Crippen LogP contribution is 2.30. The smallest absolute Gasteiger partial charge is 0.129 e. The number of hydrogen-bond acceptors (Lipinski definition) is 2. The molecule has 0 saturated carbocycles. The van der Waals surface area contributed by atoms with Gasteiger partial charge in [0.25, 0.3) is 0 Å². The summed E-state index contributed by atoms with van der Waals surface area (Å²) >= 11 is 6.13. The summed E-state index contributed by atoms with van der Waals surface area (Å²) in [5, 5.41) is 0.783. The van der Waals surface area contributed by atoms with E-state index in [1.54, 1.807) is 0 Å². The number of nitrogens with two attached hydrogens (primary N) is 1. The number of rotatable bonds is 2. The van der Waals surface area contributed by atoms with E-state index in [0.717, 1.165) is 33.2 Å². The first-order chi connectivity index (χ1) is 8.45. The summed E-state index contributed by atoms with van der Waals surface area (Å²) in [6.45, 7) is 5.92. The molecule has 2 nitrogen and oxygen atoms in total. The maximum absolute atomic E-state index is 6.13. The molecular weight excluding hydrogens is 246 g/mol. The summed E-state index contributed by atoms with van der Waals surface area (Å²) in [4.78, 5) is 0. The fraction of sp³-hybridized carbons (Fsp3) is 0.200. The van der Waals surface area contributed by atoms with Gasteiger partial charge in [-0.3, -0.25) is 0 Å². The summed E-state index contributed by atoms with van der Waals surface area (Å²) < 4.78 is 5.82. The Balaban J connectivity index is 2.34. The Morgan fingerprint density at radius 1 is 0.889 bits per heavy atom. The van der Waals surface area contributed by atoms with Crippen molar-refractivity contribution in [1.82, 2.24) is 0 Å². The molecular formula is C15H16ClNO. The van der Waals surface area contributed by atoms with Gasteiger partial charge < -0.3 is 10.5 Å². The number of hydrogen-bond donors (Lipinski definition) is 1. The standard InChI is InChI=1S/C15H16ClNO/c1-9-4-12(17)8-13(5-9)18-14-6-10(2)15(16)11(3)7-14/h4-8H,17H2,1-3H3. The van der Waals surface area contributed by atoms with Gasteiger partial charge in [0.1, 0.15) is 11.5 Å². The van der Waals surface area contributed by atoms with E-state index >= 15 is 0 Å². The summed E-state index contributed by atoms with van der Waals surface area (Å²) in [6, 6.07) is 9.52. The van der Waals surface area contributed by atoms with Gasteiger partial charge in [-0.15, -0.1) is 0 Å². The fourth-order valence-corrected chi connectivity index (χ4v) is 2.05. The monoisotopic (exact) mass is 261 g/mol. The zero-order chi connectivity index (χ0) is 13.3. The SMILES string of the molecule is Cc1cc(N)cc(Oc2cc(C)c(Cl)c(C)c2)c1. The van der Waals surface area contributed by atoms with E-state index in [9.17, 15) is 0 Å². The maximum Gasteiger partial charge on any atom is 0.129 e. The van der Waals surface area contributed by atoms with Gasteiger partial charge >= 0.3 is 0 Å². The molecule has 0 bridgehead atoms. The zero-order valence-electron chi connectivity index (χ0n) is 10.8. The number of aryl methyl sites for hydroxylation is 3. The molecule has 0 heterocycles. The second kappa shape index (κ2) is 4.91. The quantitative estimate of drug-likeness (QED) is 0.800. The third-order valence-corrected chi connectivity index (χ3v) is 3.32. The molecule has 2 N–H and O–H groups in total. The average Bonchev–Trinajstić information content (AvgIpc) is 2.24. The number of halogens is 1. The van der Waals surface area contributed by atoms with Crippen LogP contribution >= 0.6 is 11.6 Å². The molecule has 0 amide bonds. The minimum atomic E-state index is 0.701. The third kappa shape index (κ3) is 2.77. The van der Waals surface area contributed by atoms with Crippen molar-refractivity contribution in [3.63, 3.8) is 0 Å². The van der Waals surface area contributed by atoms with Crippen LogP contribution in [0.5, 0.6) is 11.5 Å². The normalized spacial score (nSPS) is 10.4. The Labute approximate surface area is 112 Å². The lowest BCUT2D eigenvalue weighted by Gasteiger charge is -2.10. The molecule has 0 saturated heterocycles. The molecule has 0 atom stereocenters. The van der Waals surface area contributed by atoms with Crippen molar-refractivity contribution < 1.29 is 4.74 Å². The maximum atomic E-state index is 6.13. The van der Waals surface area contributed by atoms with Crippen molar-refractivity contribution in [2.75, 3.05) is 5.73 Å². The van der Waals surface area contributed by atoms with Crippen molar-refractivity contribution in [2.24, 2.45) is 0 Å². The molecule has 0 spiro atoms. The van der Waals surface area contributed by atoms with Gasteiger partial charge in [-0.1, -0.05) is 11.6 Å². The Morgan fingerprint density at radius 2 is 1.44 bits per heavy atom. The molecule has 0 aromatic heterocycles. The van der Waals surface area contributed by atoms with Gasteiger partial charge in [0.05, 0.1) is 0 Å². The Kier molecular flexibility index (Phi) is 3.48. The van der Waals surface area contributed by atoms with Crippen LogP contribution in [0.3, 0.4) is 0 Å². The number of nitrogen functional groups attached to an aromatic ring is 1. The van der Waals surface area contributed by atoms with Crippen LogP contribution in [0.15, 0.2) is 30.3 Å². The van der Waals surface area contributed by atoms with Gasteiger partial charge in [0.15, 0.2) is 0 Å². The van der Waals surface area contributed by atoms with Crippen molar-refractivity contribution in [3.8, 4) is 11.5 Å². The molecule has 2 rings (SSSR count). The van der Waals surface area contributed by atoms with E-state index in [4.69, 9.17) is 22.1 Å². The first kappa shape index (κ1) is 12.8. The van der Waals surface area contributed by atoms with Crippen molar-refractivity contribution in [2.45, 2.75) is 20.8 Å². The molecule has 0 aliphatic rings. The molecule has 0 fully saturated rings. The number of anilines is 1. The van der Waals surface area contributed by atoms with Gasteiger partial charge in [-0.25, -0.2) is 0 Å². The second-order valence-electron chi connectivity index (χ2n) is 4.55. The second-order valence-corrected chi connectivity index (χ2v) is 4.93. The molecule has 0 aliphatic heterocycles. The molecule has 94 valence electrons. The van der Waals surface area contributed by atoms with Gasteiger partial charge in [-0.2, -0.15) is 0 Å². The van der Waals surface area contributed by atoms with Crippen LogP contribution in [-0.2, 0) is 0 Å². The van der Waals surface area contributed by atoms with E-state index in [0.29, 0.717) is 5.69 Å². The molecule has 2 aromatic carbocycles. The van der Waals surface area contributed by atoms with Crippen molar-refractivity contribution in [1.29, 1.82) is 0 Å². The zero-order valence-corrected chi connectivity index (χ0v) is 11.5. The van der Waals surface area contributed by atoms with Crippen LogP contribution in [0.1, 0.15) is 16.7 Å². The third-order valence-electron chi connectivity index (χ3n) is 2.72. The molecule has 0 radical (unpaired) electrons. The van der Waals surface area contributed by atoms with Crippen LogP contribution in [0.25, 0.3) is 0 Å². The summed E-state index contributed by atoms with van der Waals surface area (Å²) in [5.74, 6) is 1.52. The Morgan fingerprint density at radius 3 is 2.00 bits per heavy atom. The lowest BCUT2D eigenvalue weighted by molar-refractivity contribution is 0.482. The van der Waals surface area contributed by atoms with Crippen LogP contribution in [0.4, 0.5) is 5.69 Å². The lowest BCUT2D eigenvalue weighted by atomic mass is 10.1. The first-order valence-electron chi connectivity index (χ1n) is 5.77. The molecule has 3 heteroatoms. The van der Waals surface area contributed by atoms with Gasteiger partial charge in [0, 0.05) is 16.8 Å². The van der Waals surface area contributed by atoms with Crippen molar-refractivity contribution in [3.05, 3.63) is 52.0 Å². The first-order valence-corrected chi connectivity index (χ1v) is 6.15. The number of ether oxygens (including phenoxy) is 1. The Bertz CT molecular complexity index is 550. The molecule has 18 heavy (non-hydrogen) atoms. The van der Waals surface area contributed by atoms with Crippen LogP contribution in [0.2, 0.25) is 5.02 Å². The minimum absolute atomic E-state index is 0.701. The highest BCUT2D eigenvalue weighted by molar-refractivity contribution is 6.32. The van der Waals surface area contributed by atoms with Crippen LogP contribution in [0, 0.1) is 20.8 Å². The lowest BCUT2D eigenvalue weighted by Crippen LogP contribution is -1.91. The topological polar surface area (TPSA) is 35.2 Å². The highest BCUT2D eigenvalue weighted by atomic mass is 35.5. The number of benzene rings is 2. The van der Waals surface area contributed by atoms with E-state index in [1.807, 2.05) is 51.1 Å². The van der Waals surface area contributed by atoms with E-state index in [2.05, 4.69) is 0 Å². The van der Waals surface area contributed by atoms with Gasteiger partial charge in [-0.05, 0) is 61.7 Å². The van der Waals surface area contributed by atoms with Crippen LogP contribution < -0.4 is 10.5 Å². The molecule has 2 aromatic rings. The summed E-state index contributed by atoms with van der Waals surface area (Å²) in [7, 11) is 0. The summed E-state index contributed by atoms with van der Waals surface area (Å²) in [5.41, 5.74) is 9.59. The average molecular weight is 262 g/mol. The summed E-state index contributed by atoms with van der Waals surface area (Å²) in [6.07, 6.45) is 0. The van der Waals surface area contributed by atoms with Crippen molar-refractivity contribution >= 4 is 17.3 Å². The largest absolute Gasteiger partial charge is 0.457 e. The van der Waals surface area contributed by atoms with E-state index in [-0.39, 0.29) is 0 Å². The van der Waals surface area contributed by atoms with E-state index in [1.165, 1.54) is 0 Å². The van der Waals surface area contributed by atoms with Gasteiger partial charge in [0.2, 0.25) is 0 Å². The fourth-order valence-electron chi connectivity index (χ4n) is 1.94. The molecule has 0 unspecified atom stereocenters. The highest BCUT2D eigenvalue weighted by Gasteiger charge is 2.05.